The number of nitrogens with one attached hydrogen (secondary N) is 1. The number of hydrogen-bond acceptors (Lipinski definition) is 3. The molecule has 0 aromatic carbocycles. The van der Waals surface area contributed by atoms with Gasteiger partial charge in [-0.05, 0) is 20.9 Å². The van der Waals surface area contributed by atoms with Crippen LogP contribution >= 0.6 is 0 Å². The Morgan fingerprint density at radius 1 is 1.33 bits per heavy atom. The van der Waals surface area contributed by atoms with E-state index >= 15 is 0 Å². The van der Waals surface area contributed by atoms with Crippen LogP contribution in [-0.4, -0.2) is 48.1 Å². The summed E-state index contributed by atoms with van der Waals surface area (Å²) in [5.41, 5.74) is 0. The van der Waals surface area contributed by atoms with E-state index in [9.17, 15) is 9.59 Å². The quantitative estimate of drug-likeness (QED) is 0.642. The first-order valence-electron chi connectivity index (χ1n) is 5.12. The molecule has 0 radical (unpaired) electrons. The third kappa shape index (κ3) is 7.93. The van der Waals surface area contributed by atoms with Gasteiger partial charge in [-0.15, -0.1) is 0 Å². The van der Waals surface area contributed by atoms with Crippen molar-refractivity contribution in [1.29, 1.82) is 0 Å². The average molecular weight is 216 g/mol. The van der Waals surface area contributed by atoms with Crippen LogP contribution in [0, 0.1) is 0 Å². The van der Waals surface area contributed by atoms with E-state index in [1.165, 1.54) is 0 Å². The summed E-state index contributed by atoms with van der Waals surface area (Å²) in [6.45, 7) is 5.01. The van der Waals surface area contributed by atoms with Gasteiger partial charge in [-0.25, -0.2) is 0 Å². The van der Waals surface area contributed by atoms with Crippen LogP contribution in [0.1, 0.15) is 26.7 Å². The second-order valence-electron chi connectivity index (χ2n) is 3.82. The molecule has 0 fully saturated rings. The van der Waals surface area contributed by atoms with Crippen molar-refractivity contribution in [2.75, 3.05) is 20.1 Å². The van der Waals surface area contributed by atoms with E-state index in [1.807, 2.05) is 7.05 Å². The maximum atomic E-state index is 11.2. The number of amides is 1. The lowest BCUT2D eigenvalue weighted by Gasteiger charge is -2.20. The summed E-state index contributed by atoms with van der Waals surface area (Å²) in [6.07, 6.45) is 0.389. The molecule has 0 aromatic heterocycles. The number of carbonyl (C=O) groups is 2. The highest BCUT2D eigenvalue weighted by Gasteiger charge is 2.07. The maximum absolute atomic E-state index is 11.2. The predicted molar refractivity (Wildman–Crippen MR) is 57.6 cm³/mol. The fourth-order valence-corrected chi connectivity index (χ4v) is 0.933. The minimum absolute atomic E-state index is 0.0221. The van der Waals surface area contributed by atoms with E-state index in [4.69, 9.17) is 5.11 Å². The maximum Gasteiger partial charge on any atom is 0.305 e. The van der Waals surface area contributed by atoms with Gasteiger partial charge in [-0.2, -0.15) is 0 Å². The number of carboxylic acids is 1. The fourth-order valence-electron chi connectivity index (χ4n) is 0.933. The van der Waals surface area contributed by atoms with Gasteiger partial charge < -0.3 is 15.3 Å². The molecule has 0 atom stereocenters. The van der Waals surface area contributed by atoms with Gasteiger partial charge in [-0.1, -0.05) is 0 Å². The van der Waals surface area contributed by atoms with Crippen LogP contribution < -0.4 is 5.32 Å². The Bertz CT molecular complexity index is 217. The van der Waals surface area contributed by atoms with Gasteiger partial charge in [0.25, 0.3) is 0 Å². The topological polar surface area (TPSA) is 69.6 Å². The molecular weight excluding hydrogens is 196 g/mol. The van der Waals surface area contributed by atoms with E-state index in [2.05, 4.69) is 24.1 Å². The molecule has 0 unspecified atom stereocenters. The molecule has 5 heteroatoms. The van der Waals surface area contributed by atoms with Crippen molar-refractivity contribution in [2.45, 2.75) is 32.7 Å². The molecule has 0 spiro atoms. The standard InChI is InChI=1S/C10H20N2O3/c1-8(2)12(3)7-5-9(13)11-6-4-10(14)15/h8H,4-7H2,1-3H3,(H,11,13)(H,14,15). The highest BCUT2D eigenvalue weighted by molar-refractivity contribution is 5.76. The lowest BCUT2D eigenvalue weighted by atomic mass is 10.3. The van der Waals surface area contributed by atoms with Gasteiger partial charge in [-0.3, -0.25) is 9.59 Å². The second-order valence-corrected chi connectivity index (χ2v) is 3.82. The van der Waals surface area contributed by atoms with Crippen LogP contribution in [0.2, 0.25) is 0 Å². The Hall–Kier alpha value is -1.10. The first-order valence-corrected chi connectivity index (χ1v) is 5.12. The molecular formula is C10H20N2O3. The molecule has 0 saturated carbocycles. The molecule has 0 rings (SSSR count). The first-order chi connectivity index (χ1) is 6.93. The van der Waals surface area contributed by atoms with Gasteiger partial charge in [0.15, 0.2) is 0 Å². The molecule has 5 nitrogen and oxygen atoms in total. The zero-order valence-electron chi connectivity index (χ0n) is 9.62. The van der Waals surface area contributed by atoms with Crippen LogP contribution in [0.5, 0.6) is 0 Å². The van der Waals surface area contributed by atoms with Crippen molar-refractivity contribution in [3.05, 3.63) is 0 Å². The smallest absolute Gasteiger partial charge is 0.305 e. The molecule has 0 saturated heterocycles. The normalized spacial score (nSPS) is 10.7. The summed E-state index contributed by atoms with van der Waals surface area (Å²) >= 11 is 0. The number of rotatable bonds is 7. The zero-order valence-corrected chi connectivity index (χ0v) is 9.62. The number of carboxylic acid groups (broad SMARTS) is 1. The zero-order chi connectivity index (χ0) is 11.8. The molecule has 0 aromatic rings. The van der Waals surface area contributed by atoms with Crippen molar-refractivity contribution in [3.63, 3.8) is 0 Å². The fraction of sp³-hybridized carbons (Fsp3) is 0.800. The van der Waals surface area contributed by atoms with E-state index in [0.29, 0.717) is 19.0 Å². The first kappa shape index (κ1) is 13.9. The van der Waals surface area contributed by atoms with E-state index in [0.717, 1.165) is 0 Å². The van der Waals surface area contributed by atoms with Crippen molar-refractivity contribution in [3.8, 4) is 0 Å². The van der Waals surface area contributed by atoms with Gasteiger partial charge in [0.05, 0.1) is 6.42 Å². The molecule has 0 bridgehead atoms. The third-order valence-electron chi connectivity index (χ3n) is 2.23. The summed E-state index contributed by atoms with van der Waals surface area (Å²) in [5, 5.41) is 10.9. The molecule has 88 valence electrons. The largest absolute Gasteiger partial charge is 0.481 e. The van der Waals surface area contributed by atoms with Crippen LogP contribution in [-0.2, 0) is 9.59 Å². The number of nitrogens with zero attached hydrogens (tertiary/aromatic N) is 1. The summed E-state index contributed by atoms with van der Waals surface area (Å²) in [6, 6.07) is 0.414. The predicted octanol–water partition coefficient (Wildman–Crippen LogP) is 0.308. The molecule has 15 heavy (non-hydrogen) atoms. The number of carbonyl (C=O) groups excluding carboxylic acids is 1. The van der Waals surface area contributed by atoms with Crippen LogP contribution in [0.15, 0.2) is 0 Å². The van der Waals surface area contributed by atoms with Gasteiger partial charge in [0, 0.05) is 25.6 Å². The molecule has 0 aliphatic rings. The van der Waals surface area contributed by atoms with Crippen molar-refractivity contribution in [1.82, 2.24) is 10.2 Å². The number of aliphatic carboxylic acids is 1. The third-order valence-corrected chi connectivity index (χ3v) is 2.23. The molecule has 0 aliphatic heterocycles. The SMILES string of the molecule is CC(C)N(C)CCC(=O)NCCC(=O)O. The summed E-state index contributed by atoms with van der Waals surface area (Å²) < 4.78 is 0. The molecule has 0 heterocycles. The van der Waals surface area contributed by atoms with E-state index < -0.39 is 5.97 Å². The summed E-state index contributed by atoms with van der Waals surface area (Å²) in [4.78, 5) is 23.5. The van der Waals surface area contributed by atoms with Crippen LogP contribution in [0.25, 0.3) is 0 Å². The lowest BCUT2D eigenvalue weighted by Crippen LogP contribution is -2.33. The highest BCUT2D eigenvalue weighted by atomic mass is 16.4. The average Bonchev–Trinajstić information content (AvgIpc) is 2.13. The van der Waals surface area contributed by atoms with Crippen molar-refractivity contribution in [2.24, 2.45) is 0 Å². The Labute approximate surface area is 90.5 Å². The Morgan fingerprint density at radius 3 is 2.40 bits per heavy atom. The van der Waals surface area contributed by atoms with Crippen molar-refractivity contribution >= 4 is 11.9 Å². The van der Waals surface area contributed by atoms with Crippen LogP contribution in [0.3, 0.4) is 0 Å². The summed E-state index contributed by atoms with van der Waals surface area (Å²) in [5.74, 6) is -0.988. The lowest BCUT2D eigenvalue weighted by molar-refractivity contribution is -0.136. The Morgan fingerprint density at radius 2 is 1.93 bits per heavy atom. The minimum Gasteiger partial charge on any atom is -0.481 e. The van der Waals surface area contributed by atoms with Gasteiger partial charge in [0.2, 0.25) is 5.91 Å². The van der Waals surface area contributed by atoms with Gasteiger partial charge >= 0.3 is 5.97 Å². The monoisotopic (exact) mass is 216 g/mol. The summed E-state index contributed by atoms with van der Waals surface area (Å²) in [7, 11) is 1.95. The number of hydrogen-bond donors (Lipinski definition) is 2. The molecule has 1 amide bonds. The highest BCUT2D eigenvalue weighted by Crippen LogP contribution is 1.94. The van der Waals surface area contributed by atoms with Crippen LogP contribution in [0.4, 0.5) is 0 Å². The molecule has 0 aliphatic carbocycles. The Balaban J connectivity index is 3.53. The van der Waals surface area contributed by atoms with E-state index in [1.54, 1.807) is 0 Å². The Kier molecular flexibility index (Phi) is 6.70. The van der Waals surface area contributed by atoms with E-state index in [-0.39, 0.29) is 18.9 Å². The second kappa shape index (κ2) is 7.23. The van der Waals surface area contributed by atoms with Crippen molar-refractivity contribution < 1.29 is 14.7 Å². The molecule has 2 N–H and O–H groups in total. The van der Waals surface area contributed by atoms with Gasteiger partial charge in [0.1, 0.15) is 0 Å². The minimum atomic E-state index is -0.894.